The van der Waals surface area contributed by atoms with Gasteiger partial charge >= 0.3 is 0 Å². The third-order valence-corrected chi connectivity index (χ3v) is 3.06. The van der Waals surface area contributed by atoms with Crippen molar-refractivity contribution < 1.29 is 18.7 Å². The second-order valence-corrected chi connectivity index (χ2v) is 4.59. The standard InChI is InChI=1S/C15H16FN3O3/c1-22-13-4-2-10(8-11(13)16)12(20)3-5-15(21)19-9-14-17-6-7-18-14/h2,4,6-8H,3,5,9H2,1H3,(H,17,18)(H,19,21). The van der Waals surface area contributed by atoms with E-state index in [1.165, 1.54) is 19.2 Å². The largest absolute Gasteiger partial charge is 0.494 e. The Morgan fingerprint density at radius 1 is 1.36 bits per heavy atom. The molecule has 22 heavy (non-hydrogen) atoms. The first-order valence-corrected chi connectivity index (χ1v) is 6.72. The molecule has 1 aromatic carbocycles. The van der Waals surface area contributed by atoms with Gasteiger partial charge < -0.3 is 15.0 Å². The van der Waals surface area contributed by atoms with Gasteiger partial charge in [0.2, 0.25) is 5.91 Å². The normalized spacial score (nSPS) is 10.3. The molecule has 0 spiro atoms. The Balaban J connectivity index is 1.81. The number of ether oxygens (including phenoxy) is 1. The summed E-state index contributed by atoms with van der Waals surface area (Å²) in [6.07, 6.45) is 3.29. The number of benzene rings is 1. The van der Waals surface area contributed by atoms with Crippen LogP contribution in [0.3, 0.4) is 0 Å². The fourth-order valence-electron chi connectivity index (χ4n) is 1.88. The number of ketones is 1. The zero-order valence-corrected chi connectivity index (χ0v) is 12.1. The number of carbonyl (C=O) groups is 2. The zero-order valence-electron chi connectivity index (χ0n) is 12.1. The highest BCUT2D eigenvalue weighted by atomic mass is 19.1. The van der Waals surface area contributed by atoms with Gasteiger partial charge in [0.15, 0.2) is 17.3 Å². The molecule has 2 rings (SSSR count). The maximum atomic E-state index is 13.5. The van der Waals surface area contributed by atoms with Crippen molar-refractivity contribution in [3.05, 3.63) is 47.8 Å². The second kappa shape index (κ2) is 7.35. The quantitative estimate of drug-likeness (QED) is 0.764. The smallest absolute Gasteiger partial charge is 0.220 e. The van der Waals surface area contributed by atoms with E-state index in [1.54, 1.807) is 12.4 Å². The van der Waals surface area contributed by atoms with Crippen molar-refractivity contribution in [2.24, 2.45) is 0 Å². The zero-order chi connectivity index (χ0) is 15.9. The highest BCUT2D eigenvalue weighted by molar-refractivity contribution is 5.98. The molecule has 1 amide bonds. The van der Waals surface area contributed by atoms with Crippen LogP contribution in [0.2, 0.25) is 0 Å². The summed E-state index contributed by atoms with van der Waals surface area (Å²) in [5.74, 6) is -0.450. The van der Waals surface area contributed by atoms with Crippen LogP contribution in [0.15, 0.2) is 30.6 Å². The van der Waals surface area contributed by atoms with Crippen molar-refractivity contribution >= 4 is 11.7 Å². The number of nitrogens with one attached hydrogen (secondary N) is 2. The van der Waals surface area contributed by atoms with Crippen molar-refractivity contribution in [3.63, 3.8) is 0 Å². The van der Waals surface area contributed by atoms with Gasteiger partial charge in [-0.05, 0) is 18.2 Å². The number of halogens is 1. The number of methoxy groups -OCH3 is 1. The van der Waals surface area contributed by atoms with Crippen LogP contribution in [0.5, 0.6) is 5.75 Å². The summed E-state index contributed by atoms with van der Waals surface area (Å²) in [5.41, 5.74) is 0.220. The average molecular weight is 305 g/mol. The van der Waals surface area contributed by atoms with Crippen LogP contribution in [0.4, 0.5) is 4.39 Å². The fraction of sp³-hybridized carbons (Fsp3) is 0.267. The van der Waals surface area contributed by atoms with Crippen LogP contribution in [0.25, 0.3) is 0 Å². The van der Waals surface area contributed by atoms with Crippen LogP contribution in [0.1, 0.15) is 29.0 Å². The number of nitrogens with zero attached hydrogens (tertiary/aromatic N) is 1. The van der Waals surface area contributed by atoms with Gasteiger partial charge in [-0.2, -0.15) is 0 Å². The lowest BCUT2D eigenvalue weighted by Gasteiger charge is -2.05. The molecule has 0 aliphatic carbocycles. The third-order valence-electron chi connectivity index (χ3n) is 3.06. The van der Waals surface area contributed by atoms with E-state index in [9.17, 15) is 14.0 Å². The molecule has 116 valence electrons. The SMILES string of the molecule is COc1ccc(C(=O)CCC(=O)NCc2ncc[nH]2)cc1F. The van der Waals surface area contributed by atoms with Crippen molar-refractivity contribution in [1.82, 2.24) is 15.3 Å². The van der Waals surface area contributed by atoms with Crippen LogP contribution in [-0.4, -0.2) is 28.8 Å². The first kappa shape index (κ1) is 15.7. The minimum absolute atomic E-state index is 0.00968. The molecule has 2 aromatic rings. The topological polar surface area (TPSA) is 84.1 Å². The molecule has 0 saturated carbocycles. The van der Waals surface area contributed by atoms with Crippen molar-refractivity contribution in [3.8, 4) is 5.75 Å². The van der Waals surface area contributed by atoms with Gasteiger partial charge in [-0.1, -0.05) is 0 Å². The van der Waals surface area contributed by atoms with Crippen molar-refractivity contribution in [1.29, 1.82) is 0 Å². The minimum atomic E-state index is -0.601. The van der Waals surface area contributed by atoms with Crippen LogP contribution >= 0.6 is 0 Å². The molecule has 1 heterocycles. The summed E-state index contributed by atoms with van der Waals surface area (Å²) in [6.45, 7) is 0.275. The number of aromatic nitrogens is 2. The van der Waals surface area contributed by atoms with Crippen molar-refractivity contribution in [2.45, 2.75) is 19.4 Å². The van der Waals surface area contributed by atoms with E-state index < -0.39 is 5.82 Å². The van der Waals surface area contributed by atoms with E-state index in [4.69, 9.17) is 4.74 Å². The Kier molecular flexibility index (Phi) is 5.24. The molecule has 1 aromatic heterocycles. The molecule has 0 unspecified atom stereocenters. The summed E-state index contributed by atoms with van der Waals surface area (Å²) in [7, 11) is 1.35. The molecule has 0 atom stereocenters. The van der Waals surface area contributed by atoms with Gasteiger partial charge in [-0.3, -0.25) is 9.59 Å². The van der Waals surface area contributed by atoms with E-state index in [0.29, 0.717) is 5.82 Å². The molecular formula is C15H16FN3O3. The summed E-state index contributed by atoms with van der Waals surface area (Å²) in [6, 6.07) is 3.98. The Morgan fingerprint density at radius 3 is 2.82 bits per heavy atom. The monoisotopic (exact) mass is 305 g/mol. The lowest BCUT2D eigenvalue weighted by atomic mass is 10.1. The van der Waals surface area contributed by atoms with E-state index in [-0.39, 0.29) is 42.4 Å². The molecule has 0 fully saturated rings. The van der Waals surface area contributed by atoms with Gasteiger partial charge in [0.05, 0.1) is 13.7 Å². The maximum absolute atomic E-state index is 13.5. The Labute approximate surface area is 126 Å². The maximum Gasteiger partial charge on any atom is 0.220 e. The van der Waals surface area contributed by atoms with E-state index in [1.807, 2.05) is 0 Å². The fourth-order valence-corrected chi connectivity index (χ4v) is 1.88. The summed E-state index contributed by atoms with van der Waals surface area (Å²) in [4.78, 5) is 30.4. The number of imidazole rings is 1. The number of aromatic amines is 1. The number of hydrogen-bond acceptors (Lipinski definition) is 4. The molecule has 6 nitrogen and oxygen atoms in total. The number of carbonyl (C=O) groups excluding carboxylic acids is 2. The molecule has 0 bridgehead atoms. The molecule has 7 heteroatoms. The third kappa shape index (κ3) is 4.15. The summed E-state index contributed by atoms with van der Waals surface area (Å²) in [5, 5.41) is 2.64. The van der Waals surface area contributed by atoms with E-state index in [2.05, 4.69) is 15.3 Å². The van der Waals surface area contributed by atoms with Gasteiger partial charge in [0.25, 0.3) is 0 Å². The van der Waals surface area contributed by atoms with Crippen LogP contribution < -0.4 is 10.1 Å². The Bertz CT molecular complexity index is 656. The minimum Gasteiger partial charge on any atom is -0.494 e. The molecule has 0 radical (unpaired) electrons. The Hall–Kier alpha value is -2.70. The van der Waals surface area contributed by atoms with Gasteiger partial charge in [0.1, 0.15) is 5.82 Å². The van der Waals surface area contributed by atoms with Gasteiger partial charge in [-0.25, -0.2) is 9.37 Å². The molecule has 0 aliphatic heterocycles. The first-order chi connectivity index (χ1) is 10.6. The van der Waals surface area contributed by atoms with E-state index in [0.717, 1.165) is 6.07 Å². The number of H-pyrrole nitrogens is 1. The number of Topliss-reactive ketones (excluding diaryl/α,β-unsaturated/α-hetero) is 1. The second-order valence-electron chi connectivity index (χ2n) is 4.59. The lowest BCUT2D eigenvalue weighted by molar-refractivity contribution is -0.121. The molecule has 0 saturated heterocycles. The summed E-state index contributed by atoms with van der Waals surface area (Å²) >= 11 is 0. The molecule has 0 aliphatic rings. The van der Waals surface area contributed by atoms with Gasteiger partial charge in [-0.15, -0.1) is 0 Å². The van der Waals surface area contributed by atoms with Crippen LogP contribution in [-0.2, 0) is 11.3 Å². The first-order valence-electron chi connectivity index (χ1n) is 6.72. The number of rotatable bonds is 7. The highest BCUT2D eigenvalue weighted by Gasteiger charge is 2.12. The number of hydrogen-bond donors (Lipinski definition) is 2. The molecular weight excluding hydrogens is 289 g/mol. The number of amides is 1. The Morgan fingerprint density at radius 2 is 2.18 bits per heavy atom. The van der Waals surface area contributed by atoms with Gasteiger partial charge in [0, 0.05) is 30.8 Å². The average Bonchev–Trinajstić information content (AvgIpc) is 3.03. The highest BCUT2D eigenvalue weighted by Crippen LogP contribution is 2.18. The predicted molar refractivity (Wildman–Crippen MR) is 77.0 cm³/mol. The molecule has 2 N–H and O–H groups in total. The predicted octanol–water partition coefficient (Wildman–Crippen LogP) is 1.84. The summed E-state index contributed by atoms with van der Waals surface area (Å²) < 4.78 is 18.3. The van der Waals surface area contributed by atoms with E-state index >= 15 is 0 Å². The van der Waals surface area contributed by atoms with Crippen LogP contribution in [0, 0.1) is 5.82 Å². The lowest BCUT2D eigenvalue weighted by Crippen LogP contribution is -2.23. The van der Waals surface area contributed by atoms with Crippen molar-refractivity contribution in [2.75, 3.05) is 7.11 Å².